The van der Waals surface area contributed by atoms with E-state index in [0.717, 1.165) is 37.6 Å². The second kappa shape index (κ2) is 7.68. The maximum Gasteiger partial charge on any atom is 0.323 e. The molecule has 0 unspecified atom stereocenters. The van der Waals surface area contributed by atoms with Gasteiger partial charge in [-0.2, -0.15) is 0 Å². The number of amides is 2. The molecule has 1 saturated heterocycles. The SMILES string of the molecule is Cc1cc(NC(=O)N2CCCN(Cc3ccc(Cl)cc3)CC2)no1. The molecule has 1 aliphatic heterocycles. The Balaban J connectivity index is 1.52. The van der Waals surface area contributed by atoms with Crippen LogP contribution in [0.2, 0.25) is 5.02 Å². The first kappa shape index (κ1) is 16.8. The van der Waals surface area contributed by atoms with Crippen LogP contribution in [0.1, 0.15) is 17.7 Å². The Morgan fingerprint density at radius 3 is 2.75 bits per heavy atom. The maximum atomic E-state index is 12.3. The number of anilines is 1. The van der Waals surface area contributed by atoms with Crippen molar-refractivity contribution in [3.8, 4) is 0 Å². The Bertz CT molecular complexity index is 686. The average Bonchev–Trinajstić information content (AvgIpc) is 2.83. The Kier molecular flexibility index (Phi) is 5.37. The number of hydrogen-bond acceptors (Lipinski definition) is 4. The smallest absolute Gasteiger partial charge is 0.323 e. The quantitative estimate of drug-likeness (QED) is 0.923. The lowest BCUT2D eigenvalue weighted by Gasteiger charge is -2.22. The molecule has 2 amide bonds. The highest BCUT2D eigenvalue weighted by Crippen LogP contribution is 2.14. The monoisotopic (exact) mass is 348 g/mol. The summed E-state index contributed by atoms with van der Waals surface area (Å²) >= 11 is 5.93. The van der Waals surface area contributed by atoms with Crippen LogP contribution >= 0.6 is 11.6 Å². The van der Waals surface area contributed by atoms with E-state index in [-0.39, 0.29) is 6.03 Å². The predicted molar refractivity (Wildman–Crippen MR) is 93.2 cm³/mol. The molecule has 0 saturated carbocycles. The number of carbonyl (C=O) groups excluding carboxylic acids is 1. The van der Waals surface area contributed by atoms with Gasteiger partial charge in [0.25, 0.3) is 0 Å². The molecule has 0 radical (unpaired) electrons. The van der Waals surface area contributed by atoms with Crippen LogP contribution in [-0.2, 0) is 6.54 Å². The fourth-order valence-corrected chi connectivity index (χ4v) is 2.92. The molecule has 1 fully saturated rings. The van der Waals surface area contributed by atoms with E-state index >= 15 is 0 Å². The van der Waals surface area contributed by atoms with Gasteiger partial charge in [-0.05, 0) is 31.0 Å². The average molecular weight is 349 g/mol. The van der Waals surface area contributed by atoms with Gasteiger partial charge in [-0.3, -0.25) is 10.2 Å². The van der Waals surface area contributed by atoms with E-state index in [4.69, 9.17) is 16.1 Å². The summed E-state index contributed by atoms with van der Waals surface area (Å²) in [7, 11) is 0. The summed E-state index contributed by atoms with van der Waals surface area (Å²) in [5.74, 6) is 1.13. The van der Waals surface area contributed by atoms with Gasteiger partial charge in [0.2, 0.25) is 0 Å². The topological polar surface area (TPSA) is 61.6 Å². The lowest BCUT2D eigenvalue weighted by atomic mass is 10.2. The summed E-state index contributed by atoms with van der Waals surface area (Å²) in [6, 6.07) is 9.50. The Morgan fingerprint density at radius 1 is 1.25 bits per heavy atom. The maximum absolute atomic E-state index is 12.3. The Labute approximate surface area is 146 Å². The van der Waals surface area contributed by atoms with Crippen molar-refractivity contribution in [3.63, 3.8) is 0 Å². The van der Waals surface area contributed by atoms with E-state index in [1.807, 2.05) is 29.2 Å². The first-order chi connectivity index (χ1) is 11.6. The molecular weight excluding hydrogens is 328 g/mol. The molecule has 7 heteroatoms. The third kappa shape index (κ3) is 4.49. The number of halogens is 1. The van der Waals surface area contributed by atoms with E-state index in [2.05, 4.69) is 15.4 Å². The van der Waals surface area contributed by atoms with Crippen LogP contribution in [-0.4, -0.2) is 47.2 Å². The lowest BCUT2D eigenvalue weighted by molar-refractivity contribution is 0.210. The second-order valence-electron chi connectivity index (χ2n) is 6.00. The first-order valence-corrected chi connectivity index (χ1v) is 8.44. The standard InChI is InChI=1S/C17H21ClN4O2/c1-13-11-16(20-24-13)19-17(23)22-8-2-7-21(9-10-22)12-14-3-5-15(18)6-4-14/h3-6,11H,2,7-10,12H2,1H3,(H,19,20,23). The number of aryl methyl sites for hydroxylation is 1. The van der Waals surface area contributed by atoms with Crippen molar-refractivity contribution in [3.05, 3.63) is 46.7 Å². The fourth-order valence-electron chi connectivity index (χ4n) is 2.79. The summed E-state index contributed by atoms with van der Waals surface area (Å²) in [6.07, 6.45) is 0.943. The summed E-state index contributed by atoms with van der Waals surface area (Å²) < 4.78 is 4.97. The Hall–Kier alpha value is -2.05. The van der Waals surface area contributed by atoms with Gasteiger partial charge in [0, 0.05) is 43.8 Å². The highest BCUT2D eigenvalue weighted by Gasteiger charge is 2.20. The van der Waals surface area contributed by atoms with Crippen molar-refractivity contribution >= 4 is 23.4 Å². The number of rotatable bonds is 3. The number of benzene rings is 1. The number of aromatic nitrogens is 1. The van der Waals surface area contributed by atoms with Crippen LogP contribution in [0.4, 0.5) is 10.6 Å². The molecule has 2 heterocycles. The van der Waals surface area contributed by atoms with Crippen molar-refractivity contribution in [2.75, 3.05) is 31.5 Å². The van der Waals surface area contributed by atoms with Crippen molar-refractivity contribution in [2.24, 2.45) is 0 Å². The van der Waals surface area contributed by atoms with Crippen LogP contribution in [0.3, 0.4) is 0 Å². The lowest BCUT2D eigenvalue weighted by Crippen LogP contribution is -2.38. The third-order valence-corrected chi connectivity index (χ3v) is 4.31. The summed E-state index contributed by atoms with van der Waals surface area (Å²) in [4.78, 5) is 16.5. The first-order valence-electron chi connectivity index (χ1n) is 8.06. The van der Waals surface area contributed by atoms with Gasteiger partial charge in [-0.1, -0.05) is 28.9 Å². The molecule has 0 aliphatic carbocycles. The molecule has 6 nitrogen and oxygen atoms in total. The predicted octanol–water partition coefficient (Wildman–Crippen LogP) is 3.38. The molecule has 0 bridgehead atoms. The highest BCUT2D eigenvalue weighted by atomic mass is 35.5. The second-order valence-corrected chi connectivity index (χ2v) is 6.43. The molecule has 1 aromatic heterocycles. The minimum absolute atomic E-state index is 0.128. The van der Waals surface area contributed by atoms with Gasteiger partial charge in [0.1, 0.15) is 5.76 Å². The van der Waals surface area contributed by atoms with Crippen molar-refractivity contribution < 1.29 is 9.32 Å². The summed E-state index contributed by atoms with van der Waals surface area (Å²) in [5.41, 5.74) is 1.23. The van der Waals surface area contributed by atoms with Gasteiger partial charge in [0.15, 0.2) is 5.82 Å². The van der Waals surface area contributed by atoms with Gasteiger partial charge in [-0.15, -0.1) is 0 Å². The van der Waals surface area contributed by atoms with E-state index in [9.17, 15) is 4.79 Å². The molecular formula is C17H21ClN4O2. The van der Waals surface area contributed by atoms with Crippen molar-refractivity contribution in [1.29, 1.82) is 0 Å². The zero-order valence-corrected chi connectivity index (χ0v) is 14.4. The largest absolute Gasteiger partial charge is 0.360 e. The van der Waals surface area contributed by atoms with Crippen molar-refractivity contribution in [2.45, 2.75) is 19.9 Å². The number of hydrogen-bond donors (Lipinski definition) is 1. The third-order valence-electron chi connectivity index (χ3n) is 4.06. The molecule has 1 N–H and O–H groups in total. The molecule has 2 aromatic rings. The van der Waals surface area contributed by atoms with Crippen LogP contribution in [0.25, 0.3) is 0 Å². The number of carbonyl (C=O) groups is 1. The van der Waals surface area contributed by atoms with E-state index in [1.54, 1.807) is 13.0 Å². The molecule has 0 atom stereocenters. The Morgan fingerprint density at radius 2 is 2.04 bits per heavy atom. The fraction of sp³-hybridized carbons (Fsp3) is 0.412. The number of nitrogens with zero attached hydrogens (tertiary/aromatic N) is 3. The summed E-state index contributed by atoms with van der Waals surface area (Å²) in [6.45, 7) is 5.90. The van der Waals surface area contributed by atoms with E-state index in [1.165, 1.54) is 5.56 Å². The molecule has 128 valence electrons. The van der Waals surface area contributed by atoms with Gasteiger partial charge in [-0.25, -0.2) is 4.79 Å². The number of nitrogens with one attached hydrogen (secondary N) is 1. The van der Waals surface area contributed by atoms with Crippen LogP contribution in [0, 0.1) is 6.92 Å². The molecule has 24 heavy (non-hydrogen) atoms. The molecule has 3 rings (SSSR count). The molecule has 0 spiro atoms. The van der Waals surface area contributed by atoms with Gasteiger partial charge in [0.05, 0.1) is 0 Å². The van der Waals surface area contributed by atoms with Crippen LogP contribution in [0.15, 0.2) is 34.9 Å². The zero-order valence-electron chi connectivity index (χ0n) is 13.7. The van der Waals surface area contributed by atoms with Crippen molar-refractivity contribution in [1.82, 2.24) is 15.0 Å². The van der Waals surface area contributed by atoms with E-state index < -0.39 is 0 Å². The van der Waals surface area contributed by atoms with Gasteiger partial charge >= 0.3 is 6.03 Å². The minimum Gasteiger partial charge on any atom is -0.360 e. The summed E-state index contributed by atoms with van der Waals surface area (Å²) in [5, 5.41) is 7.33. The zero-order chi connectivity index (χ0) is 16.9. The van der Waals surface area contributed by atoms with Gasteiger partial charge < -0.3 is 9.42 Å². The normalized spacial score (nSPS) is 16.0. The van der Waals surface area contributed by atoms with Crippen LogP contribution in [0.5, 0.6) is 0 Å². The van der Waals surface area contributed by atoms with Crippen LogP contribution < -0.4 is 5.32 Å². The minimum atomic E-state index is -0.128. The highest BCUT2D eigenvalue weighted by molar-refractivity contribution is 6.30. The van der Waals surface area contributed by atoms with E-state index in [0.29, 0.717) is 18.1 Å². The molecule has 1 aliphatic rings. The number of urea groups is 1. The molecule has 1 aromatic carbocycles.